The largest absolute Gasteiger partial charge is 0.494 e. The highest BCUT2D eigenvalue weighted by Gasteiger charge is 2.42. The molecule has 7 rings (SSSR count). The molecule has 2 bridgehead atoms. The van der Waals surface area contributed by atoms with E-state index in [2.05, 4.69) is 37.0 Å². The van der Waals surface area contributed by atoms with Gasteiger partial charge in [-0.15, -0.1) is 0 Å². The highest BCUT2D eigenvalue weighted by Crippen LogP contribution is 2.41. The Bertz CT molecular complexity index is 1630. The fourth-order valence-corrected chi connectivity index (χ4v) is 7.45. The number of likely N-dealkylation sites (tertiary alicyclic amines) is 1. The summed E-state index contributed by atoms with van der Waals surface area (Å²) in [6.45, 7) is 9.61. The first-order valence-electron chi connectivity index (χ1n) is 16.4. The molecule has 5 heterocycles. The number of methoxy groups -OCH3 is 1. The minimum Gasteiger partial charge on any atom is -0.494 e. The van der Waals surface area contributed by atoms with Gasteiger partial charge in [-0.3, -0.25) is 14.5 Å². The van der Waals surface area contributed by atoms with Crippen LogP contribution in [0.4, 0.5) is 33.1 Å². The number of fused-ring (bicyclic) bond motifs is 2. The second-order valence-electron chi connectivity index (χ2n) is 12.7. The fourth-order valence-electron chi connectivity index (χ4n) is 7.45. The highest BCUT2D eigenvalue weighted by atomic mass is 19.1. The van der Waals surface area contributed by atoms with Crippen molar-refractivity contribution in [3.8, 4) is 5.75 Å². The van der Waals surface area contributed by atoms with Crippen LogP contribution < -0.4 is 25.3 Å². The molecular formula is C35H42FN7O4. The molecule has 4 aliphatic rings. The van der Waals surface area contributed by atoms with Crippen LogP contribution in [0.5, 0.6) is 5.75 Å². The van der Waals surface area contributed by atoms with E-state index < -0.39 is 0 Å². The molecule has 3 atom stereocenters. The number of morpholine rings is 1. The summed E-state index contributed by atoms with van der Waals surface area (Å²) in [5.74, 6) is 1.24. The topological polar surface area (TPSA) is 104 Å². The molecule has 2 N–H and O–H groups in total. The van der Waals surface area contributed by atoms with Crippen molar-refractivity contribution in [1.82, 2.24) is 14.9 Å². The van der Waals surface area contributed by atoms with Gasteiger partial charge in [-0.2, -0.15) is 0 Å². The lowest BCUT2D eigenvalue weighted by Crippen LogP contribution is -2.49. The molecule has 0 radical (unpaired) electrons. The number of carbonyl (C=O) groups is 1. The maximum absolute atomic E-state index is 14.2. The quantitative estimate of drug-likeness (QED) is 0.294. The summed E-state index contributed by atoms with van der Waals surface area (Å²) < 4.78 is 25.9. The lowest BCUT2D eigenvalue weighted by atomic mass is 9.99. The van der Waals surface area contributed by atoms with Gasteiger partial charge in [0, 0.05) is 43.9 Å². The second kappa shape index (κ2) is 13.5. The first kappa shape index (κ1) is 31.3. The van der Waals surface area contributed by atoms with Gasteiger partial charge >= 0.3 is 0 Å². The normalized spacial score (nSPS) is 22.9. The average Bonchev–Trinajstić information content (AvgIpc) is 3.86. The molecule has 248 valence electrons. The molecule has 1 amide bonds. The fraction of sp³-hybridized carbons (Fsp3) is 0.457. The van der Waals surface area contributed by atoms with Gasteiger partial charge in [-0.25, -0.2) is 19.4 Å². The SMILES string of the molecule is C=CC(=O)Nc1cc(Nc2cc(N3OCC[C@@H]3Cc3cccc(F)c3C)ncn2)c(OC)cc1N1CCC(N2C[C@H]3C[C@@H]2CO3)CC1. The molecule has 2 aromatic carbocycles. The zero-order valence-electron chi connectivity index (χ0n) is 27.0. The Hall–Kier alpha value is -4.26. The smallest absolute Gasteiger partial charge is 0.247 e. The standard InChI is InChI=1S/C35H42FN7O4/c1-4-35(44)40-29-16-30(32(45-3)17-31(29)41-11-8-24(9-12-41)42-19-27-15-26(42)20-46-27)39-33-18-34(38-21-37-33)43-25(10-13-47-43)14-23-6-5-7-28(36)22(23)2/h4-7,16-18,21,24-27H,1,8-15,19-20H2,2-3H3,(H,40,44)(H,37,38,39)/t25-,26-,27-/m1/s1. The number of halogens is 1. The number of hydrogen-bond acceptors (Lipinski definition) is 10. The lowest BCUT2D eigenvalue weighted by molar-refractivity contribution is -0.111. The molecule has 4 fully saturated rings. The Morgan fingerprint density at radius 1 is 1.15 bits per heavy atom. The van der Waals surface area contributed by atoms with E-state index in [-0.39, 0.29) is 17.8 Å². The number of carbonyl (C=O) groups excluding carboxylic acids is 1. The van der Waals surface area contributed by atoms with Gasteiger partial charge in [0.1, 0.15) is 23.7 Å². The second-order valence-corrected chi connectivity index (χ2v) is 12.7. The van der Waals surface area contributed by atoms with Crippen molar-refractivity contribution in [1.29, 1.82) is 0 Å². The van der Waals surface area contributed by atoms with Gasteiger partial charge in [0.05, 0.1) is 49.5 Å². The molecule has 47 heavy (non-hydrogen) atoms. The summed E-state index contributed by atoms with van der Waals surface area (Å²) in [4.78, 5) is 32.4. The number of anilines is 5. The number of rotatable bonds is 10. The average molecular weight is 644 g/mol. The van der Waals surface area contributed by atoms with E-state index in [0.717, 1.165) is 63.2 Å². The van der Waals surface area contributed by atoms with E-state index in [1.54, 1.807) is 25.2 Å². The molecular weight excluding hydrogens is 601 g/mol. The minimum absolute atomic E-state index is 0.00845. The van der Waals surface area contributed by atoms with Crippen LogP contribution in [0, 0.1) is 12.7 Å². The van der Waals surface area contributed by atoms with Crippen LogP contribution in [0.1, 0.15) is 36.8 Å². The van der Waals surface area contributed by atoms with Crippen LogP contribution in [-0.2, 0) is 20.8 Å². The number of hydroxylamine groups is 1. The van der Waals surface area contributed by atoms with Crippen molar-refractivity contribution in [2.24, 2.45) is 0 Å². The highest BCUT2D eigenvalue weighted by molar-refractivity contribution is 6.02. The summed E-state index contributed by atoms with van der Waals surface area (Å²) in [6, 6.07) is 11.9. The maximum atomic E-state index is 14.2. The molecule has 0 unspecified atom stereocenters. The van der Waals surface area contributed by atoms with Gasteiger partial charge in [0.15, 0.2) is 5.82 Å². The van der Waals surface area contributed by atoms with Gasteiger partial charge in [0.25, 0.3) is 0 Å². The molecule has 4 aliphatic heterocycles. The molecule has 11 nitrogen and oxygen atoms in total. The summed E-state index contributed by atoms with van der Waals surface area (Å²) in [5.41, 5.74) is 3.79. The third kappa shape index (κ3) is 6.50. The van der Waals surface area contributed by atoms with E-state index >= 15 is 0 Å². The predicted octanol–water partition coefficient (Wildman–Crippen LogP) is 5.00. The van der Waals surface area contributed by atoms with Crippen LogP contribution in [0.25, 0.3) is 0 Å². The van der Waals surface area contributed by atoms with Gasteiger partial charge in [-0.1, -0.05) is 18.7 Å². The van der Waals surface area contributed by atoms with Crippen LogP contribution in [-0.4, -0.2) is 85.0 Å². The van der Waals surface area contributed by atoms with Crippen molar-refractivity contribution < 1.29 is 23.5 Å². The molecule has 1 aromatic heterocycles. The number of nitrogens with zero attached hydrogens (tertiary/aromatic N) is 5. The Labute approximate surface area is 274 Å². The van der Waals surface area contributed by atoms with E-state index in [0.29, 0.717) is 65.5 Å². The van der Waals surface area contributed by atoms with Crippen molar-refractivity contribution in [2.75, 3.05) is 60.6 Å². The molecule has 3 aromatic rings. The lowest BCUT2D eigenvalue weighted by Gasteiger charge is -2.41. The van der Waals surface area contributed by atoms with E-state index in [9.17, 15) is 9.18 Å². The Morgan fingerprint density at radius 3 is 2.74 bits per heavy atom. The first-order valence-corrected chi connectivity index (χ1v) is 16.4. The summed E-state index contributed by atoms with van der Waals surface area (Å²) in [6.07, 6.45) is 7.79. The number of nitrogens with one attached hydrogen (secondary N) is 2. The number of amides is 1. The van der Waals surface area contributed by atoms with Crippen LogP contribution in [0.3, 0.4) is 0 Å². The molecule has 4 saturated heterocycles. The number of hydrogen-bond donors (Lipinski definition) is 2. The Balaban J connectivity index is 1.10. The summed E-state index contributed by atoms with van der Waals surface area (Å²) >= 11 is 0. The van der Waals surface area contributed by atoms with Crippen molar-refractivity contribution in [3.63, 3.8) is 0 Å². The molecule has 12 heteroatoms. The monoisotopic (exact) mass is 643 g/mol. The van der Waals surface area contributed by atoms with Gasteiger partial charge < -0.3 is 25.0 Å². The summed E-state index contributed by atoms with van der Waals surface area (Å²) in [5, 5.41) is 8.16. The maximum Gasteiger partial charge on any atom is 0.247 e. The van der Waals surface area contributed by atoms with Crippen LogP contribution in [0.15, 0.2) is 55.4 Å². The zero-order valence-corrected chi connectivity index (χ0v) is 27.0. The summed E-state index contributed by atoms with van der Waals surface area (Å²) in [7, 11) is 1.63. The Kier molecular flexibility index (Phi) is 8.98. The van der Waals surface area contributed by atoms with E-state index in [1.807, 2.05) is 24.3 Å². The predicted molar refractivity (Wildman–Crippen MR) is 179 cm³/mol. The van der Waals surface area contributed by atoms with Crippen LogP contribution >= 0.6 is 0 Å². The zero-order chi connectivity index (χ0) is 32.5. The third-order valence-electron chi connectivity index (χ3n) is 9.97. The third-order valence-corrected chi connectivity index (χ3v) is 9.97. The van der Waals surface area contributed by atoms with Crippen molar-refractivity contribution in [2.45, 2.75) is 63.3 Å². The molecule has 0 aliphatic carbocycles. The number of aromatic nitrogens is 2. The first-order chi connectivity index (χ1) is 22.9. The van der Waals surface area contributed by atoms with Crippen molar-refractivity contribution in [3.05, 3.63) is 72.3 Å². The van der Waals surface area contributed by atoms with Crippen molar-refractivity contribution >= 4 is 34.6 Å². The number of piperidine rings is 1. The van der Waals surface area contributed by atoms with E-state index in [4.69, 9.17) is 14.3 Å². The van der Waals surface area contributed by atoms with Gasteiger partial charge in [-0.05, 0) is 68.4 Å². The molecule has 0 spiro atoms. The minimum atomic E-state index is -0.291. The van der Waals surface area contributed by atoms with Crippen LogP contribution in [0.2, 0.25) is 0 Å². The van der Waals surface area contributed by atoms with Gasteiger partial charge in [0.2, 0.25) is 5.91 Å². The number of benzene rings is 2. The molecule has 0 saturated carbocycles. The van der Waals surface area contributed by atoms with E-state index in [1.165, 1.54) is 18.5 Å². The Morgan fingerprint density at radius 2 is 2.00 bits per heavy atom. The number of ether oxygens (including phenoxy) is 2.